The van der Waals surface area contributed by atoms with E-state index in [9.17, 15) is 0 Å². The van der Waals surface area contributed by atoms with E-state index in [1.807, 2.05) is 0 Å². The highest BCUT2D eigenvalue weighted by Crippen LogP contribution is 2.61. The molecule has 0 saturated heterocycles. The van der Waals surface area contributed by atoms with Crippen LogP contribution in [0.1, 0.15) is 91.3 Å². The lowest BCUT2D eigenvalue weighted by molar-refractivity contribution is -0.00518. The maximum absolute atomic E-state index is 2.56. The number of hydrogen-bond acceptors (Lipinski definition) is 2. The third kappa shape index (κ3) is 6.97. The van der Waals surface area contributed by atoms with Crippen LogP contribution in [0.2, 0.25) is 0 Å². The Hall–Kier alpha value is -6.64. The van der Waals surface area contributed by atoms with E-state index in [4.69, 9.17) is 0 Å². The molecule has 0 spiro atoms. The van der Waals surface area contributed by atoms with Crippen molar-refractivity contribution in [1.82, 2.24) is 0 Å². The summed E-state index contributed by atoms with van der Waals surface area (Å²) in [6, 6.07) is 71.9. The zero-order chi connectivity index (χ0) is 44.7. The molecule has 8 aromatic rings. The summed E-state index contributed by atoms with van der Waals surface area (Å²) in [6.07, 6.45) is 12.4. The summed E-state index contributed by atoms with van der Waals surface area (Å²) in [5.41, 5.74) is 22.8. The zero-order valence-electron chi connectivity index (χ0n) is 39.1. The van der Waals surface area contributed by atoms with E-state index in [0.717, 1.165) is 43.4 Å². The van der Waals surface area contributed by atoms with E-state index in [0.29, 0.717) is 5.41 Å². The number of aryl methyl sites for hydroxylation is 4. The van der Waals surface area contributed by atoms with Crippen molar-refractivity contribution in [2.75, 3.05) is 9.80 Å². The van der Waals surface area contributed by atoms with Crippen LogP contribution in [0, 0.1) is 17.8 Å². The lowest BCUT2D eigenvalue weighted by Crippen LogP contribution is -2.48. The van der Waals surface area contributed by atoms with Gasteiger partial charge in [-0.3, -0.25) is 0 Å². The van der Waals surface area contributed by atoms with Crippen molar-refractivity contribution in [2.45, 2.75) is 88.9 Å². The minimum atomic E-state index is -0.150. The molecule has 0 atom stereocenters. The molecule has 0 unspecified atom stereocenters. The van der Waals surface area contributed by atoms with Crippen LogP contribution in [0.5, 0.6) is 0 Å². The molecule has 0 amide bonds. The van der Waals surface area contributed by atoms with Crippen LogP contribution < -0.4 is 9.80 Å². The minimum Gasteiger partial charge on any atom is -0.310 e. The summed E-state index contributed by atoms with van der Waals surface area (Å²) in [5.74, 6) is 2.82. The fraction of sp³-hybridized carbons (Fsp3) is 0.262. The Labute approximate surface area is 398 Å². The van der Waals surface area contributed by atoms with Crippen LogP contribution in [-0.2, 0) is 36.5 Å². The van der Waals surface area contributed by atoms with Gasteiger partial charge in [0, 0.05) is 39.5 Å². The Morgan fingerprint density at radius 2 is 0.896 bits per heavy atom. The van der Waals surface area contributed by atoms with E-state index >= 15 is 0 Å². The highest BCUT2D eigenvalue weighted by Gasteiger charge is 2.51. The molecule has 0 radical (unpaired) electrons. The number of nitrogens with zero attached hydrogens (tertiary/aromatic N) is 2. The van der Waals surface area contributed by atoms with Crippen molar-refractivity contribution < 1.29 is 0 Å². The molecular formula is C65H60N2. The molecule has 0 aliphatic heterocycles. The SMILES string of the molecule is CC1(C)c2ccccc2-c2c(-c3ccccc3)cc(N(c3ccccc3)c3cc4ccc3CCc3ccc(c(N(c5ccccc5)c5ccc(C67CC8CC(CC(C8)C6)C7)cc5)c3)CC4)cc21. The van der Waals surface area contributed by atoms with Crippen LogP contribution >= 0.6 is 0 Å². The third-order valence-corrected chi connectivity index (χ3v) is 17.0. The number of fused-ring (bicyclic) bond motifs is 3. The van der Waals surface area contributed by atoms with Crippen LogP contribution in [-0.4, -0.2) is 0 Å². The molecule has 0 N–H and O–H groups in total. The van der Waals surface area contributed by atoms with Crippen molar-refractivity contribution in [3.63, 3.8) is 0 Å². The summed E-state index contributed by atoms with van der Waals surface area (Å²) < 4.78 is 0. The Morgan fingerprint density at radius 3 is 1.46 bits per heavy atom. The molecule has 0 aromatic heterocycles. The molecule has 17 rings (SSSR count). The lowest BCUT2D eigenvalue weighted by atomic mass is 9.48. The van der Waals surface area contributed by atoms with Crippen molar-refractivity contribution in [3.8, 4) is 22.3 Å². The van der Waals surface area contributed by atoms with Crippen molar-refractivity contribution in [1.29, 1.82) is 0 Å². The average Bonchev–Trinajstić information content (AvgIpc) is 3.59. The van der Waals surface area contributed by atoms with E-state index in [-0.39, 0.29) is 5.41 Å². The van der Waals surface area contributed by atoms with Crippen molar-refractivity contribution in [2.24, 2.45) is 17.8 Å². The first-order chi connectivity index (χ1) is 32.9. The predicted molar refractivity (Wildman–Crippen MR) is 280 cm³/mol. The minimum absolute atomic E-state index is 0.150. The first-order valence-corrected chi connectivity index (χ1v) is 25.3. The maximum Gasteiger partial charge on any atom is 0.0496 e. The van der Waals surface area contributed by atoms with Gasteiger partial charge in [0.05, 0.1) is 0 Å². The molecular weight excluding hydrogens is 809 g/mol. The smallest absolute Gasteiger partial charge is 0.0496 e. The van der Waals surface area contributed by atoms with Gasteiger partial charge in [0.25, 0.3) is 0 Å². The quantitative estimate of drug-likeness (QED) is 0.150. The number of rotatable bonds is 8. The van der Waals surface area contributed by atoms with Crippen LogP contribution in [0.4, 0.5) is 34.1 Å². The summed E-state index contributed by atoms with van der Waals surface area (Å²) in [7, 11) is 0. The van der Waals surface area contributed by atoms with Gasteiger partial charge >= 0.3 is 0 Å². The van der Waals surface area contributed by atoms with Crippen LogP contribution in [0.25, 0.3) is 22.3 Å². The Kier molecular flexibility index (Phi) is 9.71. The Bertz CT molecular complexity index is 3090. The normalized spacial score (nSPS) is 21.6. The second-order valence-corrected chi connectivity index (χ2v) is 21.5. The van der Waals surface area contributed by atoms with Gasteiger partial charge in [0.1, 0.15) is 0 Å². The van der Waals surface area contributed by atoms with Gasteiger partial charge < -0.3 is 9.80 Å². The van der Waals surface area contributed by atoms with Crippen LogP contribution in [0.15, 0.2) is 188 Å². The number of anilines is 6. The summed E-state index contributed by atoms with van der Waals surface area (Å²) in [6.45, 7) is 4.81. The van der Waals surface area contributed by atoms with Gasteiger partial charge in [-0.1, -0.05) is 141 Å². The van der Waals surface area contributed by atoms with E-state index < -0.39 is 0 Å². The molecule has 2 heteroatoms. The van der Waals surface area contributed by atoms with E-state index in [2.05, 4.69) is 212 Å². The zero-order valence-corrected chi connectivity index (χ0v) is 39.1. The summed E-state index contributed by atoms with van der Waals surface area (Å²) in [5, 5.41) is 0. The Morgan fingerprint density at radius 1 is 0.403 bits per heavy atom. The lowest BCUT2D eigenvalue weighted by Gasteiger charge is -2.57. The van der Waals surface area contributed by atoms with Crippen molar-refractivity contribution >= 4 is 34.1 Å². The maximum atomic E-state index is 2.56. The average molecular weight is 869 g/mol. The molecule has 4 saturated carbocycles. The second kappa shape index (κ2) is 16.0. The van der Waals surface area contributed by atoms with Gasteiger partial charge in [0.2, 0.25) is 0 Å². The van der Waals surface area contributed by atoms with Gasteiger partial charge in [-0.05, 0) is 209 Å². The Balaban J connectivity index is 0.895. The first-order valence-electron chi connectivity index (χ1n) is 25.3. The van der Waals surface area contributed by atoms with Gasteiger partial charge in [-0.2, -0.15) is 0 Å². The van der Waals surface area contributed by atoms with E-state index in [1.165, 1.54) is 128 Å². The molecule has 9 aliphatic carbocycles. The van der Waals surface area contributed by atoms with Crippen molar-refractivity contribution in [3.05, 3.63) is 227 Å². The fourth-order valence-electron chi connectivity index (χ4n) is 14.1. The largest absolute Gasteiger partial charge is 0.310 e. The molecule has 67 heavy (non-hydrogen) atoms. The topological polar surface area (TPSA) is 6.48 Å². The van der Waals surface area contributed by atoms with Gasteiger partial charge in [-0.25, -0.2) is 0 Å². The highest BCUT2D eigenvalue weighted by molar-refractivity contribution is 5.96. The summed E-state index contributed by atoms with van der Waals surface area (Å²) >= 11 is 0. The highest BCUT2D eigenvalue weighted by atomic mass is 15.2. The van der Waals surface area contributed by atoms with E-state index in [1.54, 1.807) is 5.56 Å². The standard InChI is InChI=1S/C65H60N2/c1-64(2)59-21-13-12-20-57(59)63-58(49-14-6-3-7-15-49)39-56(40-60(63)64)67(54-18-10-5-11-19-54)62-38-45-23-27-50-26-22-44(24-28-51(62)29-25-45)37-61(50)66(53-16-8-4-9-17-53)55-32-30-52(31-33-55)65-41-46-34-47(42-65)36-48(35-46)43-65/h3-22,25-26,29-33,37-40,46-48H,23-24,27-28,34-36,41-43H2,1-2H3. The number of para-hydroxylation sites is 2. The van der Waals surface area contributed by atoms with Gasteiger partial charge in [0.15, 0.2) is 0 Å². The number of benzene rings is 8. The predicted octanol–water partition coefficient (Wildman–Crippen LogP) is 17.0. The second-order valence-electron chi connectivity index (χ2n) is 21.5. The molecule has 8 bridgehead atoms. The molecule has 9 aliphatic rings. The molecule has 4 fully saturated rings. The molecule has 2 nitrogen and oxygen atoms in total. The third-order valence-electron chi connectivity index (χ3n) is 17.0. The monoisotopic (exact) mass is 868 g/mol. The molecule has 0 heterocycles. The van der Waals surface area contributed by atoms with Gasteiger partial charge in [-0.15, -0.1) is 0 Å². The number of hydrogen-bond donors (Lipinski definition) is 0. The van der Waals surface area contributed by atoms with Crippen LogP contribution in [0.3, 0.4) is 0 Å². The fourth-order valence-corrected chi connectivity index (χ4v) is 14.1. The molecule has 8 aromatic carbocycles. The summed E-state index contributed by atoms with van der Waals surface area (Å²) in [4.78, 5) is 5.12. The molecule has 330 valence electrons. The first kappa shape index (κ1) is 40.6.